The zero-order valence-electron chi connectivity index (χ0n) is 14.2. The van der Waals surface area contributed by atoms with Crippen LogP contribution in [0.2, 0.25) is 0 Å². The molecule has 1 saturated heterocycles. The first-order valence-corrected chi connectivity index (χ1v) is 9.80. The lowest BCUT2D eigenvalue weighted by molar-refractivity contribution is 0.486. The van der Waals surface area contributed by atoms with E-state index in [1.807, 2.05) is 49.7 Å². The highest BCUT2D eigenvalue weighted by Gasteiger charge is 2.31. The number of nitrogens with one attached hydrogen (secondary N) is 1. The fourth-order valence-corrected chi connectivity index (χ4v) is 4.74. The topological polar surface area (TPSA) is 76.3 Å². The maximum atomic E-state index is 11.7. The molecule has 0 amide bonds. The van der Waals surface area contributed by atoms with E-state index < -0.39 is 9.84 Å². The van der Waals surface area contributed by atoms with Crippen molar-refractivity contribution in [1.82, 2.24) is 9.78 Å². The molecular formula is C17H22N4O2S. The summed E-state index contributed by atoms with van der Waals surface area (Å²) in [4.78, 5) is 0. The summed E-state index contributed by atoms with van der Waals surface area (Å²) in [5.74, 6) is 0.418. The second kappa shape index (κ2) is 6.39. The first-order valence-electron chi connectivity index (χ1n) is 7.98. The smallest absolute Gasteiger partial charge is 0.152 e. The molecule has 2 heterocycles. The molecule has 1 fully saturated rings. The molecule has 0 spiro atoms. The van der Waals surface area contributed by atoms with Gasteiger partial charge in [0.1, 0.15) is 0 Å². The van der Waals surface area contributed by atoms with Crippen molar-refractivity contribution in [3.05, 3.63) is 46.8 Å². The molecule has 3 rings (SSSR count). The Balaban J connectivity index is 1.80. The van der Waals surface area contributed by atoms with E-state index in [-0.39, 0.29) is 17.5 Å². The Morgan fingerprint density at radius 2 is 2.04 bits per heavy atom. The van der Waals surface area contributed by atoms with Crippen LogP contribution >= 0.6 is 0 Å². The molecule has 1 aliphatic heterocycles. The van der Waals surface area contributed by atoms with Gasteiger partial charge in [-0.15, -0.1) is 0 Å². The average molecular weight is 346 g/mol. The molecule has 1 aromatic heterocycles. The Morgan fingerprint density at radius 1 is 1.29 bits per heavy atom. The lowest BCUT2D eigenvalue weighted by Crippen LogP contribution is -2.14. The summed E-state index contributed by atoms with van der Waals surface area (Å²) in [5, 5.41) is 8.85. The number of para-hydroxylation sites is 1. The molecule has 2 aromatic rings. The summed E-state index contributed by atoms with van der Waals surface area (Å²) in [6, 6.07) is 7.87. The summed E-state index contributed by atoms with van der Waals surface area (Å²) in [5.41, 5.74) is 7.86. The van der Waals surface area contributed by atoms with Crippen LogP contribution in [-0.4, -0.2) is 35.9 Å². The third kappa shape index (κ3) is 3.36. The van der Waals surface area contributed by atoms with Gasteiger partial charge in [0.2, 0.25) is 0 Å². The number of hydrazone groups is 1. The molecule has 0 aliphatic carbocycles. The highest BCUT2D eigenvalue weighted by molar-refractivity contribution is 7.91. The molecule has 128 valence electrons. The fourth-order valence-electron chi connectivity index (χ4n) is 3.05. The molecule has 1 N–H and O–H groups in total. The predicted molar refractivity (Wildman–Crippen MR) is 96.4 cm³/mol. The number of anilines is 1. The van der Waals surface area contributed by atoms with Gasteiger partial charge in [0.15, 0.2) is 9.84 Å². The molecule has 7 heteroatoms. The summed E-state index contributed by atoms with van der Waals surface area (Å²) >= 11 is 0. The second-order valence-corrected chi connectivity index (χ2v) is 8.50. The van der Waals surface area contributed by atoms with E-state index in [0.717, 1.165) is 28.2 Å². The SMILES string of the molecule is Cc1ccccc1N/N=C\c1c(C)nn([C@H]2CCS(=O)(=O)C2)c1C. The number of nitrogens with zero attached hydrogens (tertiary/aromatic N) is 3. The van der Waals surface area contributed by atoms with Gasteiger partial charge in [-0.05, 0) is 38.8 Å². The Bertz CT molecular complexity index is 884. The molecule has 6 nitrogen and oxygen atoms in total. The zero-order valence-corrected chi connectivity index (χ0v) is 15.0. The standard InChI is InChI=1S/C17H22N4O2S/c1-12-6-4-5-7-17(12)19-18-10-16-13(2)20-21(14(16)3)15-8-9-24(22,23)11-15/h4-7,10,15,19H,8-9,11H2,1-3H3/b18-10-/t15-/m0/s1. The van der Waals surface area contributed by atoms with Gasteiger partial charge in [-0.2, -0.15) is 10.2 Å². The Kier molecular flexibility index (Phi) is 4.45. The van der Waals surface area contributed by atoms with Crippen LogP contribution < -0.4 is 5.43 Å². The third-order valence-corrected chi connectivity index (χ3v) is 6.21. The number of aromatic nitrogens is 2. The van der Waals surface area contributed by atoms with Crippen molar-refractivity contribution in [2.24, 2.45) is 5.10 Å². The molecule has 24 heavy (non-hydrogen) atoms. The van der Waals surface area contributed by atoms with Crippen molar-refractivity contribution in [3.8, 4) is 0 Å². The van der Waals surface area contributed by atoms with E-state index in [2.05, 4.69) is 15.6 Å². The number of aryl methyl sites for hydroxylation is 2. The Morgan fingerprint density at radius 3 is 2.71 bits per heavy atom. The van der Waals surface area contributed by atoms with Gasteiger partial charge in [0, 0.05) is 11.3 Å². The number of sulfone groups is 1. The Labute approximate surface area is 142 Å². The van der Waals surface area contributed by atoms with E-state index >= 15 is 0 Å². The first kappa shape index (κ1) is 16.7. The van der Waals surface area contributed by atoms with E-state index in [0.29, 0.717) is 6.42 Å². The summed E-state index contributed by atoms with van der Waals surface area (Å²) in [6.07, 6.45) is 2.38. The van der Waals surface area contributed by atoms with Crippen molar-refractivity contribution < 1.29 is 8.42 Å². The van der Waals surface area contributed by atoms with Crippen LogP contribution in [0.25, 0.3) is 0 Å². The predicted octanol–water partition coefficient (Wildman–Crippen LogP) is 2.61. The largest absolute Gasteiger partial charge is 0.278 e. The molecule has 1 aromatic carbocycles. The van der Waals surface area contributed by atoms with E-state index in [1.165, 1.54) is 0 Å². The maximum absolute atomic E-state index is 11.7. The van der Waals surface area contributed by atoms with Gasteiger partial charge in [-0.3, -0.25) is 10.1 Å². The molecule has 0 unspecified atom stereocenters. The molecular weight excluding hydrogens is 324 g/mol. The van der Waals surface area contributed by atoms with Crippen LogP contribution in [0.5, 0.6) is 0 Å². The number of rotatable bonds is 4. The van der Waals surface area contributed by atoms with Gasteiger partial charge in [-0.25, -0.2) is 8.42 Å². The number of hydrogen-bond donors (Lipinski definition) is 1. The van der Waals surface area contributed by atoms with Crippen LogP contribution in [0.4, 0.5) is 5.69 Å². The van der Waals surface area contributed by atoms with Crippen LogP contribution in [0, 0.1) is 20.8 Å². The van der Waals surface area contributed by atoms with Crippen LogP contribution in [0.1, 0.15) is 35.0 Å². The second-order valence-electron chi connectivity index (χ2n) is 6.27. The maximum Gasteiger partial charge on any atom is 0.152 e. The van der Waals surface area contributed by atoms with Crippen molar-refractivity contribution in [2.45, 2.75) is 33.2 Å². The Hall–Kier alpha value is -2.15. The third-order valence-electron chi connectivity index (χ3n) is 4.46. The molecule has 1 aliphatic rings. The highest BCUT2D eigenvalue weighted by atomic mass is 32.2. The molecule has 1 atom stereocenters. The van der Waals surface area contributed by atoms with Crippen LogP contribution in [-0.2, 0) is 9.84 Å². The quantitative estimate of drug-likeness (QED) is 0.682. The number of benzene rings is 1. The molecule has 0 saturated carbocycles. The fraction of sp³-hybridized carbons (Fsp3) is 0.412. The zero-order chi connectivity index (χ0) is 17.3. The van der Waals surface area contributed by atoms with Crippen molar-refractivity contribution >= 4 is 21.7 Å². The summed E-state index contributed by atoms with van der Waals surface area (Å²) in [7, 11) is -2.93. The summed E-state index contributed by atoms with van der Waals surface area (Å²) < 4.78 is 25.2. The van der Waals surface area contributed by atoms with Gasteiger partial charge < -0.3 is 0 Å². The van der Waals surface area contributed by atoms with Gasteiger partial charge >= 0.3 is 0 Å². The van der Waals surface area contributed by atoms with Crippen molar-refractivity contribution in [2.75, 3.05) is 16.9 Å². The van der Waals surface area contributed by atoms with Crippen molar-refractivity contribution in [1.29, 1.82) is 0 Å². The van der Waals surface area contributed by atoms with Crippen LogP contribution in [0.3, 0.4) is 0 Å². The first-order chi connectivity index (χ1) is 11.4. The highest BCUT2D eigenvalue weighted by Crippen LogP contribution is 2.26. The van der Waals surface area contributed by atoms with Gasteiger partial charge in [-0.1, -0.05) is 18.2 Å². The minimum Gasteiger partial charge on any atom is -0.278 e. The minimum atomic E-state index is -2.93. The summed E-state index contributed by atoms with van der Waals surface area (Å²) in [6.45, 7) is 5.90. The molecule has 0 radical (unpaired) electrons. The van der Waals surface area contributed by atoms with Gasteiger partial charge in [0.25, 0.3) is 0 Å². The lowest BCUT2D eigenvalue weighted by Gasteiger charge is -2.10. The molecule has 0 bridgehead atoms. The van der Waals surface area contributed by atoms with Gasteiger partial charge in [0.05, 0.1) is 35.1 Å². The van der Waals surface area contributed by atoms with Crippen molar-refractivity contribution in [3.63, 3.8) is 0 Å². The van der Waals surface area contributed by atoms with Crippen LogP contribution in [0.15, 0.2) is 29.4 Å². The van der Waals surface area contributed by atoms with E-state index in [4.69, 9.17) is 0 Å². The monoisotopic (exact) mass is 346 g/mol. The average Bonchev–Trinajstić information content (AvgIpc) is 3.02. The van der Waals surface area contributed by atoms with E-state index in [9.17, 15) is 8.42 Å². The number of hydrogen-bond acceptors (Lipinski definition) is 5. The lowest BCUT2D eigenvalue weighted by atomic mass is 10.2. The van der Waals surface area contributed by atoms with E-state index in [1.54, 1.807) is 6.21 Å². The normalized spacial score (nSPS) is 19.9. The minimum absolute atomic E-state index is 0.0693.